The van der Waals surface area contributed by atoms with Gasteiger partial charge in [-0.3, -0.25) is 9.78 Å². The average molecular weight is 193 g/mol. The Hall–Kier alpha value is -1.38. The van der Waals surface area contributed by atoms with Crippen LogP contribution in [0.3, 0.4) is 0 Å². The summed E-state index contributed by atoms with van der Waals surface area (Å²) in [6.07, 6.45) is 5.30. The van der Waals surface area contributed by atoms with E-state index in [0.717, 1.165) is 24.0 Å². The van der Waals surface area contributed by atoms with Gasteiger partial charge in [-0.25, -0.2) is 0 Å². The summed E-state index contributed by atoms with van der Waals surface area (Å²) in [7, 11) is 0. The number of carboxylic acids is 1. The lowest BCUT2D eigenvalue weighted by atomic mass is 9.95. The number of pyridine rings is 1. The standard InChI is InChI=1S/C11H15NO2/c1-3-4-9-7-12-6-5-10(9)8(2)11(13)14/h5-8H,3-4H2,1-2H3,(H,13,14). The smallest absolute Gasteiger partial charge is 0.310 e. The molecule has 0 radical (unpaired) electrons. The van der Waals surface area contributed by atoms with Gasteiger partial charge in [0.25, 0.3) is 0 Å². The molecule has 1 heterocycles. The number of aryl methyl sites for hydroxylation is 1. The van der Waals surface area contributed by atoms with Crippen molar-refractivity contribution in [3.8, 4) is 0 Å². The van der Waals surface area contributed by atoms with E-state index >= 15 is 0 Å². The van der Waals surface area contributed by atoms with Crippen LogP contribution in [0, 0.1) is 0 Å². The molecule has 1 unspecified atom stereocenters. The Labute approximate surface area is 83.8 Å². The largest absolute Gasteiger partial charge is 0.481 e. The molecule has 14 heavy (non-hydrogen) atoms. The molecule has 0 spiro atoms. The molecule has 76 valence electrons. The average Bonchev–Trinajstić information content (AvgIpc) is 2.18. The number of aliphatic carboxylic acids is 1. The summed E-state index contributed by atoms with van der Waals surface area (Å²) < 4.78 is 0. The maximum absolute atomic E-state index is 10.8. The van der Waals surface area contributed by atoms with E-state index in [1.165, 1.54) is 0 Å². The van der Waals surface area contributed by atoms with Crippen LogP contribution in [0.5, 0.6) is 0 Å². The molecule has 1 N–H and O–H groups in total. The zero-order chi connectivity index (χ0) is 10.6. The SMILES string of the molecule is CCCc1cnccc1C(C)C(=O)O. The van der Waals surface area contributed by atoms with Crippen LogP contribution >= 0.6 is 0 Å². The fraction of sp³-hybridized carbons (Fsp3) is 0.455. The number of nitrogens with zero attached hydrogens (tertiary/aromatic N) is 1. The second-order valence-corrected chi connectivity index (χ2v) is 3.38. The normalized spacial score (nSPS) is 12.4. The monoisotopic (exact) mass is 193 g/mol. The van der Waals surface area contributed by atoms with Crippen LogP contribution in [-0.2, 0) is 11.2 Å². The first-order chi connectivity index (χ1) is 6.66. The summed E-state index contributed by atoms with van der Waals surface area (Å²) in [6, 6.07) is 1.80. The molecule has 3 nitrogen and oxygen atoms in total. The Morgan fingerprint density at radius 1 is 1.64 bits per heavy atom. The minimum absolute atomic E-state index is 0.445. The molecule has 0 fully saturated rings. The summed E-state index contributed by atoms with van der Waals surface area (Å²) in [4.78, 5) is 14.8. The van der Waals surface area contributed by atoms with Gasteiger partial charge < -0.3 is 5.11 Å². The second kappa shape index (κ2) is 4.74. The predicted molar refractivity (Wildman–Crippen MR) is 54.3 cm³/mol. The van der Waals surface area contributed by atoms with Crippen LogP contribution in [0.4, 0.5) is 0 Å². The third-order valence-electron chi connectivity index (χ3n) is 2.30. The minimum Gasteiger partial charge on any atom is -0.481 e. The molecule has 0 aromatic carbocycles. The number of carboxylic acid groups (broad SMARTS) is 1. The Balaban J connectivity index is 3.00. The van der Waals surface area contributed by atoms with E-state index in [4.69, 9.17) is 5.11 Å². The number of rotatable bonds is 4. The highest BCUT2D eigenvalue weighted by Crippen LogP contribution is 2.20. The summed E-state index contributed by atoms with van der Waals surface area (Å²) in [5, 5.41) is 8.91. The zero-order valence-corrected chi connectivity index (χ0v) is 8.53. The maximum Gasteiger partial charge on any atom is 0.310 e. The molecule has 1 aromatic rings. The molecule has 0 aliphatic heterocycles. The number of hydrogen-bond donors (Lipinski definition) is 1. The van der Waals surface area contributed by atoms with Crippen molar-refractivity contribution in [3.05, 3.63) is 29.6 Å². The number of carbonyl (C=O) groups is 1. The number of hydrogen-bond acceptors (Lipinski definition) is 2. The molecule has 0 amide bonds. The molecule has 1 rings (SSSR count). The first kappa shape index (κ1) is 10.7. The molecule has 0 bridgehead atoms. The first-order valence-electron chi connectivity index (χ1n) is 4.82. The summed E-state index contributed by atoms with van der Waals surface area (Å²) >= 11 is 0. The van der Waals surface area contributed by atoms with E-state index in [2.05, 4.69) is 11.9 Å². The fourth-order valence-corrected chi connectivity index (χ4v) is 1.47. The second-order valence-electron chi connectivity index (χ2n) is 3.38. The summed E-state index contributed by atoms with van der Waals surface area (Å²) in [5.74, 6) is -1.23. The molecule has 0 aliphatic carbocycles. The van der Waals surface area contributed by atoms with Crippen molar-refractivity contribution >= 4 is 5.97 Å². The van der Waals surface area contributed by atoms with Crippen molar-refractivity contribution in [3.63, 3.8) is 0 Å². The van der Waals surface area contributed by atoms with Gasteiger partial charge in [0.15, 0.2) is 0 Å². The van der Waals surface area contributed by atoms with E-state index in [9.17, 15) is 4.79 Å². The van der Waals surface area contributed by atoms with Gasteiger partial charge in [-0.1, -0.05) is 13.3 Å². The summed E-state index contributed by atoms with van der Waals surface area (Å²) in [5.41, 5.74) is 1.93. The lowest BCUT2D eigenvalue weighted by Gasteiger charge is -2.11. The van der Waals surface area contributed by atoms with Gasteiger partial charge in [-0.15, -0.1) is 0 Å². The van der Waals surface area contributed by atoms with Gasteiger partial charge >= 0.3 is 5.97 Å². The van der Waals surface area contributed by atoms with Gasteiger partial charge in [0.05, 0.1) is 5.92 Å². The third-order valence-corrected chi connectivity index (χ3v) is 2.30. The molecule has 1 aromatic heterocycles. The van der Waals surface area contributed by atoms with E-state index in [1.807, 2.05) is 0 Å². The first-order valence-corrected chi connectivity index (χ1v) is 4.82. The maximum atomic E-state index is 10.8. The Kier molecular flexibility index (Phi) is 3.63. The van der Waals surface area contributed by atoms with E-state index in [0.29, 0.717) is 0 Å². The van der Waals surface area contributed by atoms with Crippen molar-refractivity contribution in [2.75, 3.05) is 0 Å². The van der Waals surface area contributed by atoms with Gasteiger partial charge in [0.2, 0.25) is 0 Å². The van der Waals surface area contributed by atoms with Crippen LogP contribution in [0.15, 0.2) is 18.5 Å². The van der Waals surface area contributed by atoms with Crippen LogP contribution in [0.2, 0.25) is 0 Å². The highest BCUT2D eigenvalue weighted by molar-refractivity contribution is 5.76. The highest BCUT2D eigenvalue weighted by atomic mass is 16.4. The van der Waals surface area contributed by atoms with E-state index in [1.54, 1.807) is 25.4 Å². The Bertz CT molecular complexity index is 323. The predicted octanol–water partition coefficient (Wildman–Crippen LogP) is 2.22. The summed E-state index contributed by atoms with van der Waals surface area (Å²) in [6.45, 7) is 3.78. The highest BCUT2D eigenvalue weighted by Gasteiger charge is 2.16. The van der Waals surface area contributed by atoms with Crippen LogP contribution < -0.4 is 0 Å². The fourth-order valence-electron chi connectivity index (χ4n) is 1.47. The third kappa shape index (κ3) is 2.31. The molecule has 1 atom stereocenters. The Morgan fingerprint density at radius 3 is 2.93 bits per heavy atom. The van der Waals surface area contributed by atoms with Gasteiger partial charge in [0, 0.05) is 12.4 Å². The van der Waals surface area contributed by atoms with Crippen molar-refractivity contribution < 1.29 is 9.90 Å². The zero-order valence-electron chi connectivity index (χ0n) is 8.53. The van der Waals surface area contributed by atoms with Crippen molar-refractivity contribution in [1.82, 2.24) is 4.98 Å². The van der Waals surface area contributed by atoms with Gasteiger partial charge in [0.1, 0.15) is 0 Å². The Morgan fingerprint density at radius 2 is 2.36 bits per heavy atom. The van der Waals surface area contributed by atoms with Crippen molar-refractivity contribution in [2.24, 2.45) is 0 Å². The lowest BCUT2D eigenvalue weighted by Crippen LogP contribution is -2.10. The molecule has 0 saturated carbocycles. The molecular weight excluding hydrogens is 178 g/mol. The lowest BCUT2D eigenvalue weighted by molar-refractivity contribution is -0.138. The molecule has 3 heteroatoms. The van der Waals surface area contributed by atoms with Crippen LogP contribution in [0.25, 0.3) is 0 Å². The van der Waals surface area contributed by atoms with Crippen molar-refractivity contribution in [2.45, 2.75) is 32.6 Å². The topological polar surface area (TPSA) is 50.2 Å². The minimum atomic E-state index is -0.784. The van der Waals surface area contributed by atoms with E-state index in [-0.39, 0.29) is 0 Å². The quantitative estimate of drug-likeness (QED) is 0.797. The van der Waals surface area contributed by atoms with Crippen LogP contribution in [-0.4, -0.2) is 16.1 Å². The van der Waals surface area contributed by atoms with Crippen LogP contribution in [0.1, 0.15) is 37.3 Å². The van der Waals surface area contributed by atoms with Gasteiger partial charge in [-0.05, 0) is 30.5 Å². The number of aromatic nitrogens is 1. The molecular formula is C11H15NO2. The molecule has 0 aliphatic rings. The van der Waals surface area contributed by atoms with E-state index < -0.39 is 11.9 Å². The van der Waals surface area contributed by atoms with Gasteiger partial charge in [-0.2, -0.15) is 0 Å². The van der Waals surface area contributed by atoms with Crippen molar-refractivity contribution in [1.29, 1.82) is 0 Å². The molecule has 0 saturated heterocycles.